The van der Waals surface area contributed by atoms with E-state index in [-0.39, 0.29) is 0 Å². The predicted octanol–water partition coefficient (Wildman–Crippen LogP) is 4.42. The van der Waals surface area contributed by atoms with E-state index in [1.807, 2.05) is 12.1 Å². The molecule has 0 saturated carbocycles. The Bertz CT molecular complexity index is 610. The zero-order valence-corrected chi connectivity index (χ0v) is 11.9. The molecule has 0 unspecified atom stereocenters. The van der Waals surface area contributed by atoms with Crippen LogP contribution < -0.4 is 5.73 Å². The first-order valence-corrected chi connectivity index (χ1v) is 7.00. The number of para-hydroxylation sites is 1. The molecule has 2 aromatic rings. The minimum atomic E-state index is 0.531. The summed E-state index contributed by atoms with van der Waals surface area (Å²) in [5.41, 5.74) is 8.39. The molecule has 0 aliphatic carbocycles. The Balaban J connectivity index is 2.24. The summed E-state index contributed by atoms with van der Waals surface area (Å²) in [6, 6.07) is 16.1. The highest BCUT2D eigenvalue weighted by Gasteiger charge is 2.06. The van der Waals surface area contributed by atoms with Crippen molar-refractivity contribution in [3.63, 3.8) is 0 Å². The summed E-state index contributed by atoms with van der Waals surface area (Å²) in [6.45, 7) is 4.35. The number of hydrogen-bond donors (Lipinski definition) is 1. The summed E-state index contributed by atoms with van der Waals surface area (Å²) < 4.78 is 0. The number of rotatable bonds is 3. The van der Waals surface area contributed by atoms with Crippen LogP contribution in [-0.2, 0) is 0 Å². The van der Waals surface area contributed by atoms with Crippen molar-refractivity contribution in [2.45, 2.75) is 29.6 Å². The third-order valence-electron chi connectivity index (χ3n) is 2.96. The van der Waals surface area contributed by atoms with Crippen molar-refractivity contribution in [1.82, 2.24) is 0 Å². The second kappa shape index (κ2) is 5.81. The van der Waals surface area contributed by atoms with E-state index in [0.29, 0.717) is 17.2 Å². The van der Waals surface area contributed by atoms with Crippen LogP contribution in [0.15, 0.2) is 52.3 Å². The molecule has 0 saturated heterocycles. The average molecular weight is 268 g/mol. The second-order valence-corrected chi connectivity index (χ2v) is 5.77. The van der Waals surface area contributed by atoms with Gasteiger partial charge in [-0.3, -0.25) is 0 Å². The first kappa shape index (κ1) is 13.5. The maximum Gasteiger partial charge on any atom is 0.101 e. The molecule has 2 nitrogen and oxygen atoms in total. The second-order valence-electron chi connectivity index (χ2n) is 4.65. The van der Waals surface area contributed by atoms with Gasteiger partial charge in [-0.15, -0.1) is 0 Å². The quantitative estimate of drug-likeness (QED) is 0.838. The molecule has 0 amide bonds. The molecule has 0 bridgehead atoms. The van der Waals surface area contributed by atoms with Gasteiger partial charge in [0.05, 0.1) is 11.3 Å². The molecular weight excluding hydrogens is 252 g/mol. The lowest BCUT2D eigenvalue weighted by Crippen LogP contribution is -1.92. The summed E-state index contributed by atoms with van der Waals surface area (Å²) >= 11 is 1.59. The predicted molar refractivity (Wildman–Crippen MR) is 80.2 cm³/mol. The monoisotopic (exact) mass is 268 g/mol. The van der Waals surface area contributed by atoms with Gasteiger partial charge in [0.2, 0.25) is 0 Å². The Kier molecular flexibility index (Phi) is 4.13. The van der Waals surface area contributed by atoms with E-state index in [0.717, 1.165) is 9.79 Å². The molecule has 2 aromatic carbocycles. The molecule has 0 atom stereocenters. The zero-order valence-electron chi connectivity index (χ0n) is 11.1. The highest BCUT2D eigenvalue weighted by Crippen LogP contribution is 2.34. The lowest BCUT2D eigenvalue weighted by molar-refractivity contribution is 0.865. The van der Waals surface area contributed by atoms with Crippen LogP contribution >= 0.6 is 11.8 Å². The fourth-order valence-electron chi connectivity index (χ4n) is 1.78. The zero-order chi connectivity index (χ0) is 13.8. The number of hydrogen-bond acceptors (Lipinski definition) is 3. The summed E-state index contributed by atoms with van der Waals surface area (Å²) in [6.07, 6.45) is 0. The van der Waals surface area contributed by atoms with Gasteiger partial charge in [-0.2, -0.15) is 5.26 Å². The molecule has 0 aliphatic heterocycles. The third-order valence-corrected chi connectivity index (χ3v) is 4.04. The summed E-state index contributed by atoms with van der Waals surface area (Å²) in [4.78, 5) is 2.06. The Morgan fingerprint density at radius 2 is 1.79 bits per heavy atom. The van der Waals surface area contributed by atoms with Crippen LogP contribution in [0.5, 0.6) is 0 Å². The number of anilines is 1. The van der Waals surface area contributed by atoms with Crippen LogP contribution in [0.1, 0.15) is 30.9 Å². The fraction of sp³-hybridized carbons (Fsp3) is 0.188. The van der Waals surface area contributed by atoms with Gasteiger partial charge in [0.15, 0.2) is 0 Å². The highest BCUT2D eigenvalue weighted by atomic mass is 32.2. The molecule has 0 radical (unpaired) electrons. The van der Waals surface area contributed by atoms with Gasteiger partial charge in [-0.05, 0) is 35.7 Å². The van der Waals surface area contributed by atoms with Crippen LogP contribution in [0, 0.1) is 11.3 Å². The first-order chi connectivity index (χ1) is 9.11. The van der Waals surface area contributed by atoms with Gasteiger partial charge >= 0.3 is 0 Å². The van der Waals surface area contributed by atoms with Gasteiger partial charge in [0, 0.05) is 9.79 Å². The van der Waals surface area contributed by atoms with Crippen molar-refractivity contribution in [2.75, 3.05) is 5.73 Å². The molecule has 3 heteroatoms. The minimum Gasteiger partial charge on any atom is -0.397 e. The molecule has 0 spiro atoms. The van der Waals surface area contributed by atoms with Crippen molar-refractivity contribution >= 4 is 17.4 Å². The van der Waals surface area contributed by atoms with Crippen molar-refractivity contribution in [1.29, 1.82) is 5.26 Å². The molecule has 2 N–H and O–H groups in total. The van der Waals surface area contributed by atoms with Crippen molar-refractivity contribution in [3.05, 3.63) is 53.6 Å². The van der Waals surface area contributed by atoms with Crippen molar-refractivity contribution in [3.8, 4) is 6.07 Å². The van der Waals surface area contributed by atoms with E-state index in [2.05, 4.69) is 44.2 Å². The normalized spacial score (nSPS) is 10.4. The van der Waals surface area contributed by atoms with Crippen molar-refractivity contribution in [2.24, 2.45) is 0 Å². The van der Waals surface area contributed by atoms with Crippen LogP contribution in [0.2, 0.25) is 0 Å². The van der Waals surface area contributed by atoms with Gasteiger partial charge in [0.1, 0.15) is 6.07 Å². The van der Waals surface area contributed by atoms with Crippen molar-refractivity contribution < 1.29 is 0 Å². The lowest BCUT2D eigenvalue weighted by Gasteiger charge is -2.08. The van der Waals surface area contributed by atoms with Gasteiger partial charge in [0.25, 0.3) is 0 Å². The Hall–Kier alpha value is -1.92. The Morgan fingerprint density at radius 1 is 1.11 bits per heavy atom. The maximum atomic E-state index is 8.97. The molecule has 0 aromatic heterocycles. The Morgan fingerprint density at radius 3 is 2.37 bits per heavy atom. The highest BCUT2D eigenvalue weighted by molar-refractivity contribution is 7.99. The summed E-state index contributed by atoms with van der Waals surface area (Å²) in [5, 5.41) is 8.97. The molecular formula is C16H16N2S. The molecule has 2 rings (SSSR count). The van der Waals surface area contributed by atoms with Crippen LogP contribution in [0.3, 0.4) is 0 Å². The van der Waals surface area contributed by atoms with E-state index >= 15 is 0 Å². The molecule has 0 heterocycles. The van der Waals surface area contributed by atoms with Crippen LogP contribution in [-0.4, -0.2) is 0 Å². The van der Waals surface area contributed by atoms with E-state index in [9.17, 15) is 0 Å². The molecule has 0 fully saturated rings. The molecule has 96 valence electrons. The topological polar surface area (TPSA) is 49.8 Å². The van der Waals surface area contributed by atoms with Crippen LogP contribution in [0.4, 0.5) is 5.69 Å². The average Bonchev–Trinajstić information content (AvgIpc) is 2.42. The van der Waals surface area contributed by atoms with Gasteiger partial charge in [-0.1, -0.05) is 43.8 Å². The van der Waals surface area contributed by atoms with Crippen LogP contribution in [0.25, 0.3) is 0 Å². The van der Waals surface area contributed by atoms with Gasteiger partial charge in [-0.25, -0.2) is 0 Å². The Labute approximate surface area is 118 Å². The first-order valence-electron chi connectivity index (χ1n) is 6.18. The number of nitrogen functional groups attached to an aromatic ring is 1. The number of nitrogens with two attached hydrogens (primary N) is 1. The van der Waals surface area contributed by atoms with E-state index in [1.54, 1.807) is 17.8 Å². The largest absolute Gasteiger partial charge is 0.397 e. The summed E-state index contributed by atoms with van der Waals surface area (Å²) in [7, 11) is 0. The lowest BCUT2D eigenvalue weighted by atomic mass is 10.0. The number of nitrogens with zero attached hydrogens (tertiary/aromatic N) is 1. The number of nitriles is 1. The smallest absolute Gasteiger partial charge is 0.101 e. The molecule has 0 aliphatic rings. The van der Waals surface area contributed by atoms with E-state index in [1.165, 1.54) is 5.56 Å². The molecule has 19 heavy (non-hydrogen) atoms. The number of benzene rings is 2. The van der Waals surface area contributed by atoms with Gasteiger partial charge < -0.3 is 5.73 Å². The maximum absolute atomic E-state index is 8.97. The SMILES string of the molecule is CC(C)c1ccc(Sc2cccc(C#N)c2N)cc1. The van der Waals surface area contributed by atoms with E-state index < -0.39 is 0 Å². The van der Waals surface area contributed by atoms with E-state index in [4.69, 9.17) is 11.0 Å². The fourth-order valence-corrected chi connectivity index (χ4v) is 2.67. The summed E-state index contributed by atoms with van der Waals surface area (Å²) in [5.74, 6) is 0.533. The standard InChI is InChI=1S/C16H16N2S/c1-11(2)12-6-8-14(9-7-12)19-15-5-3-4-13(10-17)16(15)18/h3-9,11H,18H2,1-2H3. The third kappa shape index (κ3) is 3.10. The minimum absolute atomic E-state index is 0.531.